The van der Waals surface area contributed by atoms with Gasteiger partial charge in [-0.05, 0) is 57.6 Å². The third-order valence-electron chi connectivity index (χ3n) is 7.00. The van der Waals surface area contributed by atoms with Crippen molar-refractivity contribution in [2.75, 3.05) is 19.8 Å². The summed E-state index contributed by atoms with van der Waals surface area (Å²) in [5.74, 6) is -0.130. The first-order chi connectivity index (χ1) is 15.4. The summed E-state index contributed by atoms with van der Waals surface area (Å²) in [6.07, 6.45) is 5.49. The minimum absolute atomic E-state index is 0.0330. The predicted molar refractivity (Wildman–Crippen MR) is 123 cm³/mol. The van der Waals surface area contributed by atoms with Gasteiger partial charge in [-0.25, -0.2) is 4.98 Å². The second-order valence-electron chi connectivity index (χ2n) is 9.46. The maximum absolute atomic E-state index is 13.4. The molecule has 0 spiro atoms. The van der Waals surface area contributed by atoms with E-state index in [1.54, 1.807) is 18.3 Å². The predicted octanol–water partition coefficient (Wildman–Crippen LogP) is 2.52. The molecule has 32 heavy (non-hydrogen) atoms. The highest BCUT2D eigenvalue weighted by atomic mass is 16.5. The number of nitrogens with zero attached hydrogens (tertiary/aromatic N) is 3. The van der Waals surface area contributed by atoms with Crippen molar-refractivity contribution in [3.63, 3.8) is 0 Å². The van der Waals surface area contributed by atoms with Crippen LogP contribution in [0.4, 0.5) is 0 Å². The van der Waals surface area contributed by atoms with E-state index in [4.69, 9.17) is 4.74 Å². The Kier molecular flexibility index (Phi) is 6.81. The molecule has 1 saturated carbocycles. The lowest BCUT2D eigenvalue weighted by atomic mass is 9.87. The topological polar surface area (TPSA) is 96.7 Å². The van der Waals surface area contributed by atoms with E-state index in [1.807, 2.05) is 0 Å². The minimum Gasteiger partial charge on any atom is -0.506 e. The highest BCUT2D eigenvalue weighted by molar-refractivity contribution is 6.01. The van der Waals surface area contributed by atoms with Gasteiger partial charge < -0.3 is 15.2 Å². The molecule has 1 aliphatic heterocycles. The van der Waals surface area contributed by atoms with E-state index < -0.39 is 11.5 Å². The highest BCUT2D eigenvalue weighted by Crippen LogP contribution is 2.27. The number of carbonyl (C=O) groups excluding carboxylic acids is 1. The standard InChI is InChI=1S/C24H34N4O4/c1-15-6-8-18(9-7-15)26-23(30)20-21(29)19-5-4-10-25-22(19)28(24(20)31)12-11-27-16(2)13-32-14-17(27)3/h4-5,10,15-18,29H,6-9,11-14H2,1-3H3,(H,26,30)/t15?,16-,17-,18?/m0/s1. The van der Waals surface area contributed by atoms with Crippen molar-refractivity contribution in [1.29, 1.82) is 0 Å². The first-order valence-electron chi connectivity index (χ1n) is 11.7. The van der Waals surface area contributed by atoms with Crippen molar-refractivity contribution >= 4 is 16.9 Å². The average Bonchev–Trinajstić information content (AvgIpc) is 2.77. The number of aromatic nitrogens is 2. The van der Waals surface area contributed by atoms with Gasteiger partial charge in [0.25, 0.3) is 11.5 Å². The second-order valence-corrected chi connectivity index (χ2v) is 9.46. The number of amides is 1. The molecule has 3 heterocycles. The Balaban J connectivity index is 1.65. The van der Waals surface area contributed by atoms with Crippen molar-refractivity contribution < 1.29 is 14.6 Å². The Morgan fingerprint density at radius 2 is 1.84 bits per heavy atom. The number of rotatable bonds is 5. The lowest BCUT2D eigenvalue weighted by molar-refractivity contribution is -0.0377. The van der Waals surface area contributed by atoms with E-state index in [0.29, 0.717) is 43.3 Å². The summed E-state index contributed by atoms with van der Waals surface area (Å²) in [6.45, 7) is 8.75. The van der Waals surface area contributed by atoms with Crippen molar-refractivity contribution in [3.8, 4) is 5.75 Å². The Morgan fingerprint density at radius 3 is 2.53 bits per heavy atom. The molecular formula is C24H34N4O4. The minimum atomic E-state index is -0.500. The molecular weight excluding hydrogens is 408 g/mol. The fourth-order valence-electron chi connectivity index (χ4n) is 5.03. The van der Waals surface area contributed by atoms with Crippen LogP contribution < -0.4 is 10.9 Å². The van der Waals surface area contributed by atoms with Crippen LogP contribution in [0.15, 0.2) is 23.1 Å². The Bertz CT molecular complexity index is 1020. The fraction of sp³-hybridized carbons (Fsp3) is 0.625. The van der Waals surface area contributed by atoms with Gasteiger partial charge in [0.2, 0.25) is 0 Å². The van der Waals surface area contributed by atoms with Gasteiger partial charge in [-0.3, -0.25) is 19.1 Å². The first kappa shape index (κ1) is 22.7. The van der Waals surface area contributed by atoms with Crippen LogP contribution in [0.1, 0.15) is 56.8 Å². The number of fused-ring (bicyclic) bond motifs is 1. The molecule has 2 aliphatic rings. The molecule has 8 nitrogen and oxygen atoms in total. The number of carbonyl (C=O) groups is 1. The number of hydrogen-bond acceptors (Lipinski definition) is 6. The number of hydrogen-bond donors (Lipinski definition) is 2. The summed E-state index contributed by atoms with van der Waals surface area (Å²) in [7, 11) is 0. The SMILES string of the molecule is CC1CCC(NC(=O)c2c(O)c3cccnc3n(CCN3[C@@H](C)COC[C@@H]3C)c2=O)CC1. The second kappa shape index (κ2) is 9.58. The summed E-state index contributed by atoms with van der Waals surface area (Å²) in [4.78, 5) is 33.2. The zero-order valence-electron chi connectivity index (χ0n) is 19.2. The van der Waals surface area contributed by atoms with Crippen LogP contribution in [0.5, 0.6) is 5.75 Å². The van der Waals surface area contributed by atoms with E-state index in [-0.39, 0.29) is 29.4 Å². The molecule has 1 aliphatic carbocycles. The molecule has 0 unspecified atom stereocenters. The number of nitrogens with one attached hydrogen (secondary N) is 1. The van der Waals surface area contributed by atoms with Crippen LogP contribution in [0.3, 0.4) is 0 Å². The van der Waals surface area contributed by atoms with Crippen molar-refractivity contribution in [2.24, 2.45) is 5.92 Å². The zero-order chi connectivity index (χ0) is 22.8. The summed E-state index contributed by atoms with van der Waals surface area (Å²) in [5.41, 5.74) is -0.289. The molecule has 2 atom stereocenters. The number of ether oxygens (including phenoxy) is 1. The average molecular weight is 443 g/mol. The van der Waals surface area contributed by atoms with Gasteiger partial charge in [-0.15, -0.1) is 0 Å². The van der Waals surface area contributed by atoms with E-state index in [1.165, 1.54) is 4.57 Å². The lowest BCUT2D eigenvalue weighted by Crippen LogP contribution is -2.51. The molecule has 0 bridgehead atoms. The van der Waals surface area contributed by atoms with E-state index in [2.05, 4.69) is 36.0 Å². The molecule has 2 aromatic rings. The van der Waals surface area contributed by atoms with Crippen molar-refractivity contribution in [1.82, 2.24) is 19.8 Å². The molecule has 0 radical (unpaired) electrons. The molecule has 1 saturated heterocycles. The van der Waals surface area contributed by atoms with Gasteiger partial charge in [0.1, 0.15) is 17.0 Å². The van der Waals surface area contributed by atoms with Crippen LogP contribution in [0.2, 0.25) is 0 Å². The summed E-state index contributed by atoms with van der Waals surface area (Å²) < 4.78 is 7.14. The Morgan fingerprint density at radius 1 is 1.16 bits per heavy atom. The molecule has 8 heteroatoms. The highest BCUT2D eigenvalue weighted by Gasteiger charge is 2.28. The van der Waals surface area contributed by atoms with Crippen molar-refractivity contribution in [2.45, 2.75) is 71.1 Å². The maximum atomic E-state index is 13.4. The third-order valence-corrected chi connectivity index (χ3v) is 7.00. The molecule has 1 amide bonds. The normalized spacial score (nSPS) is 26.8. The molecule has 4 rings (SSSR count). The zero-order valence-corrected chi connectivity index (χ0v) is 19.2. The molecule has 2 N–H and O–H groups in total. The van der Waals surface area contributed by atoms with Gasteiger partial charge >= 0.3 is 0 Å². The largest absolute Gasteiger partial charge is 0.506 e. The monoisotopic (exact) mass is 442 g/mol. The number of morpholine rings is 1. The molecule has 2 aromatic heterocycles. The molecule has 174 valence electrons. The summed E-state index contributed by atoms with van der Waals surface area (Å²) in [6, 6.07) is 3.91. The maximum Gasteiger partial charge on any atom is 0.268 e. The smallest absolute Gasteiger partial charge is 0.268 e. The first-order valence-corrected chi connectivity index (χ1v) is 11.7. The van der Waals surface area contributed by atoms with Crippen LogP contribution in [-0.2, 0) is 11.3 Å². The van der Waals surface area contributed by atoms with Crippen LogP contribution in [0.25, 0.3) is 11.0 Å². The summed E-state index contributed by atoms with van der Waals surface area (Å²) >= 11 is 0. The van der Waals surface area contributed by atoms with Gasteiger partial charge in [-0.1, -0.05) is 6.92 Å². The Labute approximate surface area is 188 Å². The fourth-order valence-corrected chi connectivity index (χ4v) is 5.03. The Hall–Kier alpha value is -2.45. The molecule has 0 aromatic carbocycles. The van der Waals surface area contributed by atoms with Crippen LogP contribution >= 0.6 is 0 Å². The van der Waals surface area contributed by atoms with Crippen LogP contribution in [0, 0.1) is 5.92 Å². The van der Waals surface area contributed by atoms with Gasteiger partial charge in [0.05, 0.1) is 18.6 Å². The van der Waals surface area contributed by atoms with Gasteiger partial charge in [-0.2, -0.15) is 0 Å². The lowest BCUT2D eigenvalue weighted by Gasteiger charge is -2.38. The quantitative estimate of drug-likeness (QED) is 0.739. The van der Waals surface area contributed by atoms with Crippen LogP contribution in [-0.4, -0.2) is 63.3 Å². The van der Waals surface area contributed by atoms with Crippen molar-refractivity contribution in [3.05, 3.63) is 34.2 Å². The molecule has 2 fully saturated rings. The third kappa shape index (κ3) is 4.52. The summed E-state index contributed by atoms with van der Waals surface area (Å²) in [5, 5.41) is 14.3. The van der Waals surface area contributed by atoms with E-state index in [0.717, 1.165) is 25.7 Å². The van der Waals surface area contributed by atoms with Gasteiger partial charge in [0.15, 0.2) is 0 Å². The van der Waals surface area contributed by atoms with Gasteiger partial charge in [0, 0.05) is 37.4 Å². The number of aromatic hydroxyl groups is 1. The van der Waals surface area contributed by atoms with E-state index in [9.17, 15) is 14.7 Å². The number of pyridine rings is 2. The van der Waals surface area contributed by atoms with E-state index >= 15 is 0 Å².